The second kappa shape index (κ2) is 8.35. The van der Waals surface area contributed by atoms with Crippen LogP contribution in [0.2, 0.25) is 0 Å². The van der Waals surface area contributed by atoms with Gasteiger partial charge in [-0.2, -0.15) is 0 Å². The van der Waals surface area contributed by atoms with Crippen LogP contribution in [-0.2, 0) is 27.1 Å². The first-order valence-electron chi connectivity index (χ1n) is 8.85. The van der Waals surface area contributed by atoms with Crippen LogP contribution in [0.15, 0.2) is 24.3 Å². The number of fused-ring (bicyclic) bond motifs is 1. The number of carbonyl (C=O) groups excluding carboxylic acids is 3. The average Bonchev–Trinajstić information content (AvgIpc) is 3.20. The third kappa shape index (κ3) is 4.36. The maximum Gasteiger partial charge on any atom is 0.341 e. The SMILES string of the molecule is CCOC(=O)c1c(NC(=O)COC(=O)c2cccc(C)c2)sc2c1CCC2. The van der Waals surface area contributed by atoms with Crippen molar-refractivity contribution in [1.82, 2.24) is 0 Å². The first kappa shape index (κ1) is 19.1. The van der Waals surface area contributed by atoms with Gasteiger partial charge in [0.25, 0.3) is 5.91 Å². The fourth-order valence-corrected chi connectivity index (χ4v) is 4.35. The smallest absolute Gasteiger partial charge is 0.341 e. The number of thiophene rings is 1. The Bertz CT molecular complexity index is 886. The highest BCUT2D eigenvalue weighted by Gasteiger charge is 2.28. The zero-order valence-electron chi connectivity index (χ0n) is 15.3. The van der Waals surface area contributed by atoms with Crippen molar-refractivity contribution in [3.8, 4) is 0 Å². The van der Waals surface area contributed by atoms with E-state index >= 15 is 0 Å². The molecule has 1 amide bonds. The molecule has 6 nitrogen and oxygen atoms in total. The Morgan fingerprint density at radius 1 is 1.15 bits per heavy atom. The number of aryl methyl sites for hydroxylation is 2. The monoisotopic (exact) mass is 387 g/mol. The van der Waals surface area contributed by atoms with Crippen molar-refractivity contribution in [2.45, 2.75) is 33.1 Å². The van der Waals surface area contributed by atoms with Gasteiger partial charge in [-0.3, -0.25) is 4.79 Å². The minimum atomic E-state index is -0.562. The molecule has 1 aliphatic carbocycles. The van der Waals surface area contributed by atoms with E-state index in [0.29, 0.717) is 16.1 Å². The molecule has 7 heteroatoms. The Morgan fingerprint density at radius 3 is 2.70 bits per heavy atom. The van der Waals surface area contributed by atoms with Crippen LogP contribution in [0.1, 0.15) is 50.1 Å². The number of hydrogen-bond acceptors (Lipinski definition) is 6. The average molecular weight is 387 g/mol. The molecule has 0 aliphatic heterocycles. The number of rotatable bonds is 6. The Kier molecular flexibility index (Phi) is 5.91. The molecule has 2 aromatic rings. The molecular weight excluding hydrogens is 366 g/mol. The van der Waals surface area contributed by atoms with Crippen molar-refractivity contribution < 1.29 is 23.9 Å². The van der Waals surface area contributed by atoms with Gasteiger partial charge in [0.15, 0.2) is 6.61 Å². The van der Waals surface area contributed by atoms with Crippen molar-refractivity contribution in [1.29, 1.82) is 0 Å². The van der Waals surface area contributed by atoms with E-state index in [-0.39, 0.29) is 6.61 Å². The van der Waals surface area contributed by atoms with E-state index in [1.807, 2.05) is 13.0 Å². The van der Waals surface area contributed by atoms with Crippen LogP contribution in [-0.4, -0.2) is 31.1 Å². The van der Waals surface area contributed by atoms with Gasteiger partial charge in [0.2, 0.25) is 0 Å². The molecule has 0 atom stereocenters. The number of ether oxygens (including phenoxy) is 2. The van der Waals surface area contributed by atoms with Gasteiger partial charge >= 0.3 is 11.9 Å². The molecular formula is C20H21NO5S. The number of nitrogens with one attached hydrogen (secondary N) is 1. The second-order valence-electron chi connectivity index (χ2n) is 6.28. The standard InChI is InChI=1S/C20H21NO5S/c1-3-25-20(24)17-14-8-5-9-15(14)27-18(17)21-16(22)11-26-19(23)13-7-4-6-12(2)10-13/h4,6-7,10H,3,5,8-9,11H2,1-2H3,(H,21,22). The highest BCUT2D eigenvalue weighted by atomic mass is 32.1. The Hall–Kier alpha value is -2.67. The molecule has 142 valence electrons. The summed E-state index contributed by atoms with van der Waals surface area (Å²) in [5.74, 6) is -1.47. The van der Waals surface area contributed by atoms with Gasteiger partial charge in [-0.05, 0) is 50.8 Å². The first-order valence-corrected chi connectivity index (χ1v) is 9.66. The number of carbonyl (C=O) groups is 3. The van der Waals surface area contributed by atoms with E-state index in [2.05, 4.69) is 5.32 Å². The van der Waals surface area contributed by atoms with Gasteiger partial charge in [0.05, 0.1) is 17.7 Å². The van der Waals surface area contributed by atoms with Gasteiger partial charge in [-0.1, -0.05) is 17.7 Å². The summed E-state index contributed by atoms with van der Waals surface area (Å²) in [6.07, 6.45) is 2.69. The zero-order chi connectivity index (χ0) is 19.4. The van der Waals surface area contributed by atoms with Crippen molar-refractivity contribution in [2.75, 3.05) is 18.5 Å². The Balaban J connectivity index is 1.66. The Labute approximate surface area is 161 Å². The molecule has 27 heavy (non-hydrogen) atoms. The van der Waals surface area contributed by atoms with Crippen LogP contribution in [0.4, 0.5) is 5.00 Å². The van der Waals surface area contributed by atoms with Crippen LogP contribution >= 0.6 is 11.3 Å². The fourth-order valence-electron chi connectivity index (χ4n) is 3.06. The summed E-state index contributed by atoms with van der Waals surface area (Å²) >= 11 is 1.39. The minimum absolute atomic E-state index is 0.269. The highest BCUT2D eigenvalue weighted by Crippen LogP contribution is 2.39. The summed E-state index contributed by atoms with van der Waals surface area (Å²) in [7, 11) is 0. The maximum absolute atomic E-state index is 12.3. The van der Waals surface area contributed by atoms with Crippen LogP contribution in [0.5, 0.6) is 0 Å². The van der Waals surface area contributed by atoms with Crippen molar-refractivity contribution in [2.24, 2.45) is 0 Å². The summed E-state index contributed by atoms with van der Waals surface area (Å²) in [5.41, 5.74) is 2.73. The predicted octanol–water partition coefficient (Wildman–Crippen LogP) is 3.52. The predicted molar refractivity (Wildman–Crippen MR) is 102 cm³/mol. The topological polar surface area (TPSA) is 81.7 Å². The number of esters is 2. The lowest BCUT2D eigenvalue weighted by Gasteiger charge is -2.09. The van der Waals surface area contributed by atoms with Crippen LogP contribution in [0, 0.1) is 6.92 Å². The molecule has 0 unspecified atom stereocenters. The summed E-state index contributed by atoms with van der Waals surface area (Å²) in [5, 5.41) is 3.17. The maximum atomic E-state index is 12.3. The summed E-state index contributed by atoms with van der Waals surface area (Å²) in [4.78, 5) is 37.7. The molecule has 0 saturated heterocycles. The van der Waals surface area contributed by atoms with E-state index in [1.54, 1.807) is 25.1 Å². The lowest BCUT2D eigenvalue weighted by molar-refractivity contribution is -0.119. The zero-order valence-corrected chi connectivity index (χ0v) is 16.1. The van der Waals surface area contributed by atoms with Crippen LogP contribution < -0.4 is 5.32 Å². The first-order chi connectivity index (χ1) is 13.0. The lowest BCUT2D eigenvalue weighted by Crippen LogP contribution is -2.22. The lowest BCUT2D eigenvalue weighted by atomic mass is 10.1. The molecule has 1 N–H and O–H groups in total. The molecule has 0 spiro atoms. The van der Waals surface area contributed by atoms with Gasteiger partial charge in [-0.25, -0.2) is 9.59 Å². The third-order valence-electron chi connectivity index (χ3n) is 4.24. The molecule has 0 bridgehead atoms. The number of benzene rings is 1. The normalized spacial score (nSPS) is 12.4. The van der Waals surface area contributed by atoms with E-state index in [1.165, 1.54) is 11.3 Å². The molecule has 1 aromatic heterocycles. The van der Waals surface area contributed by atoms with Gasteiger partial charge in [0, 0.05) is 4.88 Å². The molecule has 0 fully saturated rings. The largest absolute Gasteiger partial charge is 0.462 e. The molecule has 0 saturated carbocycles. The molecule has 3 rings (SSSR count). The number of amides is 1. The van der Waals surface area contributed by atoms with E-state index in [9.17, 15) is 14.4 Å². The molecule has 0 radical (unpaired) electrons. The van der Waals surface area contributed by atoms with E-state index in [4.69, 9.17) is 9.47 Å². The van der Waals surface area contributed by atoms with Crippen molar-refractivity contribution in [3.63, 3.8) is 0 Å². The third-order valence-corrected chi connectivity index (χ3v) is 5.45. The van der Waals surface area contributed by atoms with Crippen molar-refractivity contribution >= 4 is 34.2 Å². The summed E-state index contributed by atoms with van der Waals surface area (Å²) in [6, 6.07) is 6.96. The molecule has 1 aromatic carbocycles. The van der Waals surface area contributed by atoms with Gasteiger partial charge in [0.1, 0.15) is 5.00 Å². The van der Waals surface area contributed by atoms with Gasteiger partial charge in [-0.15, -0.1) is 11.3 Å². The quantitative estimate of drug-likeness (QED) is 0.767. The highest BCUT2D eigenvalue weighted by molar-refractivity contribution is 7.17. The molecule has 1 aliphatic rings. The van der Waals surface area contributed by atoms with Crippen LogP contribution in [0.25, 0.3) is 0 Å². The second-order valence-corrected chi connectivity index (χ2v) is 7.38. The van der Waals surface area contributed by atoms with Crippen LogP contribution in [0.3, 0.4) is 0 Å². The fraction of sp³-hybridized carbons (Fsp3) is 0.350. The number of anilines is 1. The minimum Gasteiger partial charge on any atom is -0.462 e. The van der Waals surface area contributed by atoms with Crippen molar-refractivity contribution in [3.05, 3.63) is 51.4 Å². The number of hydrogen-bond donors (Lipinski definition) is 1. The molecule has 1 heterocycles. The summed E-state index contributed by atoms with van der Waals surface area (Å²) in [6.45, 7) is 3.46. The van der Waals surface area contributed by atoms with E-state index < -0.39 is 24.5 Å². The Morgan fingerprint density at radius 2 is 1.96 bits per heavy atom. The van der Waals surface area contributed by atoms with Gasteiger partial charge < -0.3 is 14.8 Å². The van der Waals surface area contributed by atoms with E-state index in [0.717, 1.165) is 35.3 Å². The summed E-state index contributed by atoms with van der Waals surface area (Å²) < 4.78 is 10.2.